The van der Waals surface area contributed by atoms with E-state index in [1.165, 1.54) is 12.8 Å². The summed E-state index contributed by atoms with van der Waals surface area (Å²) < 4.78 is 12.3. The lowest BCUT2D eigenvalue weighted by Crippen LogP contribution is -2.61. The summed E-state index contributed by atoms with van der Waals surface area (Å²) in [6.07, 6.45) is 12.7. The van der Waals surface area contributed by atoms with Crippen LogP contribution in [0.3, 0.4) is 0 Å². The second kappa shape index (κ2) is 10.3. The molecule has 0 bridgehead atoms. The Morgan fingerprint density at radius 1 is 1.06 bits per heavy atom. The molecule has 5 heteroatoms. The van der Waals surface area contributed by atoms with Crippen molar-refractivity contribution in [1.29, 1.82) is 0 Å². The van der Waals surface area contributed by atoms with Gasteiger partial charge in [0.2, 0.25) is 0 Å². The number of fused-ring (bicyclic) bond motifs is 5. The molecule has 1 N–H and O–H groups in total. The molecule has 0 spiro atoms. The number of rotatable bonds is 7. The number of ketones is 1. The molecule has 1 aliphatic heterocycles. The number of carbonyl (C=O) groups is 2. The van der Waals surface area contributed by atoms with Gasteiger partial charge in [-0.25, -0.2) is 0 Å². The second-order valence-corrected chi connectivity index (χ2v) is 13.8. The van der Waals surface area contributed by atoms with Crippen LogP contribution in [0.5, 0.6) is 0 Å². The third-order valence-corrected chi connectivity index (χ3v) is 12.2. The van der Waals surface area contributed by atoms with Crippen LogP contribution in [0, 0.1) is 52.3 Å². The molecule has 1 heterocycles. The van der Waals surface area contributed by atoms with Crippen LogP contribution in [0.2, 0.25) is 0 Å². The Morgan fingerprint density at radius 3 is 2.50 bits per heavy atom. The van der Waals surface area contributed by atoms with Gasteiger partial charge in [0.05, 0.1) is 18.8 Å². The molecule has 0 aromatic heterocycles. The lowest BCUT2D eigenvalue weighted by Gasteiger charge is -2.62. The molecule has 0 amide bonds. The molecule has 0 aromatic rings. The van der Waals surface area contributed by atoms with Gasteiger partial charge in [0.1, 0.15) is 5.78 Å². The molecule has 5 nitrogen and oxygen atoms in total. The second-order valence-electron chi connectivity index (χ2n) is 13.8. The van der Waals surface area contributed by atoms with Gasteiger partial charge in [-0.15, -0.1) is 0 Å². The van der Waals surface area contributed by atoms with E-state index in [-0.39, 0.29) is 41.3 Å². The fourth-order valence-corrected chi connectivity index (χ4v) is 10.4. The average molecular weight is 503 g/mol. The van der Waals surface area contributed by atoms with Gasteiger partial charge in [-0.2, -0.15) is 0 Å². The predicted octanol–water partition coefficient (Wildman–Crippen LogP) is 6.53. The van der Waals surface area contributed by atoms with Crippen LogP contribution in [0.4, 0.5) is 0 Å². The Labute approximate surface area is 218 Å². The van der Waals surface area contributed by atoms with Gasteiger partial charge >= 0.3 is 5.97 Å². The number of ether oxygens (including phenoxy) is 2. The number of carboxylic acid groups (broad SMARTS) is 1. The van der Waals surface area contributed by atoms with E-state index in [2.05, 4.69) is 27.7 Å². The monoisotopic (exact) mass is 502 g/mol. The highest BCUT2D eigenvalue weighted by atomic mass is 16.5. The summed E-state index contributed by atoms with van der Waals surface area (Å²) in [6.45, 7) is 11.1. The van der Waals surface area contributed by atoms with Gasteiger partial charge < -0.3 is 14.6 Å². The van der Waals surface area contributed by atoms with Crippen molar-refractivity contribution in [2.75, 3.05) is 13.2 Å². The highest BCUT2D eigenvalue weighted by Gasteiger charge is 2.65. The maximum absolute atomic E-state index is 14.3. The van der Waals surface area contributed by atoms with E-state index in [9.17, 15) is 14.7 Å². The van der Waals surface area contributed by atoms with Crippen molar-refractivity contribution in [3.8, 4) is 0 Å². The number of carboxylic acids is 1. The number of aliphatic carboxylic acids is 1. The molecule has 11 atom stereocenters. The highest BCUT2D eigenvalue weighted by Crippen LogP contribution is 2.68. The van der Waals surface area contributed by atoms with E-state index < -0.39 is 5.97 Å². The predicted molar refractivity (Wildman–Crippen MR) is 140 cm³/mol. The minimum Gasteiger partial charge on any atom is -0.481 e. The fourth-order valence-electron chi connectivity index (χ4n) is 10.4. The van der Waals surface area contributed by atoms with E-state index in [0.717, 1.165) is 71.0 Å². The summed E-state index contributed by atoms with van der Waals surface area (Å²) in [5, 5.41) is 9.24. The lowest BCUT2D eigenvalue weighted by molar-refractivity contribution is -0.182. The first-order valence-electron chi connectivity index (χ1n) is 15.2. The number of Topliss-reactive ketones (excluding diaryl/α,β-unsaturated/α-hetero) is 1. The Bertz CT molecular complexity index is 820. The van der Waals surface area contributed by atoms with Crippen molar-refractivity contribution in [2.24, 2.45) is 52.3 Å². The summed E-state index contributed by atoms with van der Waals surface area (Å²) in [5.74, 6) is 2.62. The van der Waals surface area contributed by atoms with Crippen molar-refractivity contribution < 1.29 is 24.2 Å². The maximum atomic E-state index is 14.3. The molecule has 0 radical (unpaired) electrons. The van der Waals surface area contributed by atoms with Crippen molar-refractivity contribution in [3.63, 3.8) is 0 Å². The number of carbonyl (C=O) groups excluding carboxylic acids is 1. The average Bonchev–Trinajstić information content (AvgIpc) is 3.21. The van der Waals surface area contributed by atoms with E-state index in [4.69, 9.17) is 9.47 Å². The summed E-state index contributed by atoms with van der Waals surface area (Å²) >= 11 is 0. The molecule has 4 saturated carbocycles. The normalized spacial score (nSPS) is 47.5. The highest BCUT2D eigenvalue weighted by molar-refractivity contribution is 5.86. The maximum Gasteiger partial charge on any atom is 0.303 e. The van der Waals surface area contributed by atoms with E-state index in [1.54, 1.807) is 0 Å². The summed E-state index contributed by atoms with van der Waals surface area (Å²) in [7, 11) is 0. The minimum atomic E-state index is -0.687. The molecular weight excluding hydrogens is 452 g/mol. The Balaban J connectivity index is 1.34. The summed E-state index contributed by atoms with van der Waals surface area (Å²) in [5.41, 5.74) is 0.411. The largest absolute Gasteiger partial charge is 0.481 e. The van der Waals surface area contributed by atoms with Gasteiger partial charge in [-0.3, -0.25) is 9.59 Å². The van der Waals surface area contributed by atoms with Gasteiger partial charge in [0.25, 0.3) is 0 Å². The van der Waals surface area contributed by atoms with Crippen molar-refractivity contribution in [3.05, 3.63) is 0 Å². The van der Waals surface area contributed by atoms with Gasteiger partial charge in [-0.05, 0) is 111 Å². The fraction of sp³-hybridized carbons (Fsp3) is 0.935. The van der Waals surface area contributed by atoms with Crippen LogP contribution in [0.1, 0.15) is 105 Å². The smallest absolute Gasteiger partial charge is 0.303 e. The zero-order valence-electron chi connectivity index (χ0n) is 23.2. The van der Waals surface area contributed by atoms with E-state index in [1.807, 2.05) is 0 Å². The Hall–Kier alpha value is -0.940. The van der Waals surface area contributed by atoms with Gasteiger partial charge in [0, 0.05) is 24.9 Å². The quantitative estimate of drug-likeness (QED) is 0.429. The lowest BCUT2D eigenvalue weighted by atomic mass is 9.42. The zero-order valence-corrected chi connectivity index (χ0v) is 23.2. The van der Waals surface area contributed by atoms with Crippen LogP contribution >= 0.6 is 0 Å². The first-order chi connectivity index (χ1) is 17.2. The van der Waals surface area contributed by atoms with E-state index >= 15 is 0 Å². The molecule has 5 aliphatic rings. The number of hydrogen-bond donors (Lipinski definition) is 1. The molecule has 204 valence electrons. The van der Waals surface area contributed by atoms with Gasteiger partial charge in [0.15, 0.2) is 0 Å². The topological polar surface area (TPSA) is 72.8 Å². The van der Waals surface area contributed by atoms with Crippen molar-refractivity contribution >= 4 is 11.8 Å². The third-order valence-electron chi connectivity index (χ3n) is 12.2. The van der Waals surface area contributed by atoms with E-state index in [0.29, 0.717) is 35.4 Å². The molecule has 1 saturated heterocycles. The van der Waals surface area contributed by atoms with Crippen LogP contribution in [-0.2, 0) is 19.1 Å². The number of hydrogen-bond acceptors (Lipinski definition) is 4. The molecule has 5 rings (SSSR count). The molecule has 36 heavy (non-hydrogen) atoms. The molecule has 4 aliphatic carbocycles. The van der Waals surface area contributed by atoms with Crippen LogP contribution in [-0.4, -0.2) is 42.3 Å². The SMILES string of the molecule is CC[C@H]1C(=O)[C@@H]2[C@H](CC[C@]3(C)[C@@H]([C@H](C)CCC(=O)O)CC[C@@H]23)[C@@]2(C)CCC(O[C@@H]3CCCOC3)C[C@@H]12. The molecule has 0 aromatic carbocycles. The van der Waals surface area contributed by atoms with Crippen LogP contribution < -0.4 is 0 Å². The standard InChI is InChI=1S/C31H50O5/c1-5-22-26-17-20(36-21-7-6-16-35-18-21)12-14-31(26,4)25-13-15-30(3)23(19(2)8-11-27(32)33)9-10-24(30)28(25)29(22)34/h19-26,28H,5-18H2,1-4H3,(H,32,33)/t19-,20?,21-,22-,23-,24+,25+,26+,28+,30-,31-/m1/s1. The van der Waals surface area contributed by atoms with Crippen LogP contribution in [0.15, 0.2) is 0 Å². The Kier molecular flexibility index (Phi) is 7.64. The van der Waals surface area contributed by atoms with Crippen molar-refractivity contribution in [1.82, 2.24) is 0 Å². The molecule has 1 unspecified atom stereocenters. The third kappa shape index (κ3) is 4.48. The first kappa shape index (κ1) is 26.7. The molecular formula is C31H50O5. The zero-order chi connectivity index (χ0) is 25.7. The molecule has 5 fully saturated rings. The van der Waals surface area contributed by atoms with Gasteiger partial charge in [-0.1, -0.05) is 27.7 Å². The summed E-state index contributed by atoms with van der Waals surface area (Å²) in [4.78, 5) is 25.5. The van der Waals surface area contributed by atoms with Crippen LogP contribution in [0.25, 0.3) is 0 Å². The Morgan fingerprint density at radius 2 is 1.81 bits per heavy atom. The summed E-state index contributed by atoms with van der Waals surface area (Å²) in [6, 6.07) is 0. The minimum absolute atomic E-state index is 0.163. The van der Waals surface area contributed by atoms with Crippen molar-refractivity contribution in [2.45, 2.75) is 117 Å². The first-order valence-corrected chi connectivity index (χ1v) is 15.2.